The zero-order valence-electron chi connectivity index (χ0n) is 20.2. The van der Waals surface area contributed by atoms with Gasteiger partial charge in [0.2, 0.25) is 0 Å². The third kappa shape index (κ3) is 5.81. The second-order valence-corrected chi connectivity index (χ2v) is 9.62. The maximum Gasteiger partial charge on any atom is 0.322 e. The molecule has 0 aliphatic carbocycles. The molecule has 0 aromatic heterocycles. The summed E-state index contributed by atoms with van der Waals surface area (Å²) in [5, 5.41) is 14.9. The standard InChI is InChI=1S/C26H29F3N4O3/c1-26(2,36)23(29)13-30-24(34)32-9-7-17(8-10-32)16-3-5-20(6-4-16)31-25(35)33-14-18-11-19(27)12-22(28)21(18)15-33/h3-7,11-12,23,36H,8-10,13-15H2,1-2H3,(H,30,34)(H,31,35)/t23-/m0/s1. The van der Waals surface area contributed by atoms with Crippen LogP contribution in [-0.4, -0.2) is 58.4 Å². The van der Waals surface area contributed by atoms with E-state index in [0.29, 0.717) is 36.3 Å². The molecular formula is C26H29F3N4O3. The number of carbonyl (C=O) groups is 2. The number of hydrogen-bond donors (Lipinski definition) is 3. The number of amides is 4. The molecule has 0 spiro atoms. The number of aliphatic hydroxyl groups is 1. The van der Waals surface area contributed by atoms with E-state index in [1.54, 1.807) is 17.0 Å². The van der Waals surface area contributed by atoms with Crippen molar-refractivity contribution in [3.8, 4) is 0 Å². The van der Waals surface area contributed by atoms with Gasteiger partial charge in [-0.05, 0) is 55.2 Å². The van der Waals surface area contributed by atoms with Gasteiger partial charge in [-0.15, -0.1) is 0 Å². The first kappa shape index (κ1) is 25.6. The van der Waals surface area contributed by atoms with Crippen molar-refractivity contribution in [1.82, 2.24) is 15.1 Å². The summed E-state index contributed by atoms with van der Waals surface area (Å²) in [6.45, 7) is 3.48. The smallest absolute Gasteiger partial charge is 0.322 e. The van der Waals surface area contributed by atoms with Gasteiger partial charge in [0.1, 0.15) is 17.8 Å². The minimum atomic E-state index is -1.57. The predicted molar refractivity (Wildman–Crippen MR) is 130 cm³/mol. The third-order valence-corrected chi connectivity index (χ3v) is 6.45. The normalized spacial score (nSPS) is 16.3. The Morgan fingerprint density at radius 2 is 1.81 bits per heavy atom. The van der Waals surface area contributed by atoms with Crippen LogP contribution in [0.2, 0.25) is 0 Å². The van der Waals surface area contributed by atoms with E-state index in [1.807, 2.05) is 18.2 Å². The highest BCUT2D eigenvalue weighted by Gasteiger charge is 2.28. The van der Waals surface area contributed by atoms with Crippen molar-refractivity contribution in [3.05, 3.63) is 70.8 Å². The van der Waals surface area contributed by atoms with Crippen LogP contribution in [0.5, 0.6) is 0 Å². The quantitative estimate of drug-likeness (QED) is 0.566. The van der Waals surface area contributed by atoms with E-state index in [1.165, 1.54) is 24.8 Å². The number of fused-ring (bicyclic) bond motifs is 1. The third-order valence-electron chi connectivity index (χ3n) is 6.45. The molecule has 7 nitrogen and oxygen atoms in total. The number of halogens is 3. The highest BCUT2D eigenvalue weighted by molar-refractivity contribution is 5.90. The van der Waals surface area contributed by atoms with Gasteiger partial charge in [0.25, 0.3) is 0 Å². The van der Waals surface area contributed by atoms with E-state index in [0.717, 1.165) is 17.2 Å². The molecule has 0 fully saturated rings. The second-order valence-electron chi connectivity index (χ2n) is 9.62. The van der Waals surface area contributed by atoms with Crippen molar-refractivity contribution in [1.29, 1.82) is 0 Å². The highest BCUT2D eigenvalue weighted by Crippen LogP contribution is 2.28. The fourth-order valence-electron chi connectivity index (χ4n) is 4.20. The molecule has 36 heavy (non-hydrogen) atoms. The zero-order chi connectivity index (χ0) is 26.0. The lowest BCUT2D eigenvalue weighted by molar-refractivity contribution is -0.00146. The first-order valence-corrected chi connectivity index (χ1v) is 11.7. The summed E-state index contributed by atoms with van der Waals surface area (Å²) in [5.74, 6) is -1.31. The van der Waals surface area contributed by atoms with Crippen LogP contribution < -0.4 is 10.6 Å². The van der Waals surface area contributed by atoms with Crippen LogP contribution in [0.3, 0.4) is 0 Å². The largest absolute Gasteiger partial charge is 0.387 e. The number of carbonyl (C=O) groups excluding carboxylic acids is 2. The predicted octanol–water partition coefficient (Wildman–Crippen LogP) is 4.42. The number of nitrogens with one attached hydrogen (secondary N) is 2. The molecule has 1 atom stereocenters. The van der Waals surface area contributed by atoms with E-state index in [-0.39, 0.29) is 25.7 Å². The molecule has 10 heteroatoms. The van der Waals surface area contributed by atoms with E-state index in [2.05, 4.69) is 10.6 Å². The number of anilines is 1. The summed E-state index contributed by atoms with van der Waals surface area (Å²) in [5.41, 5.74) is 1.83. The molecule has 0 saturated heterocycles. The minimum Gasteiger partial charge on any atom is -0.387 e. The van der Waals surface area contributed by atoms with E-state index >= 15 is 0 Å². The molecule has 2 aliphatic rings. The van der Waals surface area contributed by atoms with Crippen LogP contribution in [-0.2, 0) is 13.1 Å². The van der Waals surface area contributed by atoms with Gasteiger partial charge in [0, 0.05) is 37.0 Å². The molecule has 3 N–H and O–H groups in total. The van der Waals surface area contributed by atoms with Crippen LogP contribution in [0.15, 0.2) is 42.5 Å². The first-order chi connectivity index (χ1) is 17.0. The van der Waals surface area contributed by atoms with E-state index < -0.39 is 29.4 Å². The Morgan fingerprint density at radius 3 is 2.44 bits per heavy atom. The van der Waals surface area contributed by atoms with Crippen LogP contribution in [0.25, 0.3) is 5.57 Å². The molecule has 0 unspecified atom stereocenters. The van der Waals surface area contributed by atoms with Gasteiger partial charge in [0.05, 0.1) is 18.7 Å². The molecule has 0 saturated carbocycles. The average Bonchev–Trinajstić information content (AvgIpc) is 3.27. The van der Waals surface area contributed by atoms with Gasteiger partial charge >= 0.3 is 12.1 Å². The Hall–Kier alpha value is -3.53. The SMILES string of the molecule is CC(C)(O)[C@@H](F)CNC(=O)N1CC=C(c2ccc(NC(=O)N3Cc4cc(F)cc(F)c4C3)cc2)CC1. The second kappa shape index (κ2) is 10.2. The lowest BCUT2D eigenvalue weighted by Crippen LogP contribution is -2.47. The minimum absolute atomic E-state index is 0.0755. The highest BCUT2D eigenvalue weighted by atomic mass is 19.1. The van der Waals surface area contributed by atoms with Crippen LogP contribution in [0.4, 0.5) is 28.4 Å². The number of hydrogen-bond acceptors (Lipinski definition) is 3. The van der Waals surface area contributed by atoms with Gasteiger partial charge < -0.3 is 25.5 Å². The lowest BCUT2D eigenvalue weighted by Gasteiger charge is -2.28. The van der Waals surface area contributed by atoms with Gasteiger partial charge in [-0.2, -0.15) is 0 Å². The Morgan fingerprint density at radius 1 is 1.08 bits per heavy atom. The van der Waals surface area contributed by atoms with Crippen molar-refractivity contribution >= 4 is 23.3 Å². The Labute approximate surface area is 207 Å². The first-order valence-electron chi connectivity index (χ1n) is 11.7. The number of nitrogens with zero attached hydrogens (tertiary/aromatic N) is 2. The molecule has 0 bridgehead atoms. The van der Waals surface area contributed by atoms with E-state index in [4.69, 9.17) is 0 Å². The maximum absolute atomic E-state index is 14.0. The topological polar surface area (TPSA) is 84.9 Å². The molecule has 192 valence electrons. The monoisotopic (exact) mass is 502 g/mol. The number of alkyl halides is 1. The molecule has 2 heterocycles. The summed E-state index contributed by atoms with van der Waals surface area (Å²) in [7, 11) is 0. The average molecular weight is 503 g/mol. The van der Waals surface area contributed by atoms with Crippen molar-refractivity contribution in [2.45, 2.75) is 45.1 Å². The molecule has 2 aromatic rings. The van der Waals surface area contributed by atoms with Gasteiger partial charge in [0.15, 0.2) is 0 Å². The molecule has 2 aromatic carbocycles. The Balaban J connectivity index is 1.29. The van der Waals surface area contributed by atoms with Crippen LogP contribution in [0, 0.1) is 11.6 Å². The molecule has 2 aliphatic heterocycles. The fraction of sp³-hybridized carbons (Fsp3) is 0.385. The van der Waals surface area contributed by atoms with Crippen molar-refractivity contribution in [2.75, 3.05) is 25.0 Å². The summed E-state index contributed by atoms with van der Waals surface area (Å²) in [4.78, 5) is 27.9. The number of urea groups is 2. The molecule has 4 rings (SSSR count). The number of rotatable bonds is 5. The zero-order valence-corrected chi connectivity index (χ0v) is 20.2. The van der Waals surface area contributed by atoms with Crippen molar-refractivity contribution in [3.63, 3.8) is 0 Å². The lowest BCUT2D eigenvalue weighted by atomic mass is 9.99. The van der Waals surface area contributed by atoms with Gasteiger partial charge in [-0.3, -0.25) is 0 Å². The molecular weight excluding hydrogens is 473 g/mol. The van der Waals surface area contributed by atoms with Gasteiger partial charge in [-0.25, -0.2) is 22.8 Å². The maximum atomic E-state index is 14.0. The number of benzene rings is 2. The Bertz CT molecular complexity index is 1180. The Kier molecular flexibility index (Phi) is 7.26. The van der Waals surface area contributed by atoms with E-state index in [9.17, 15) is 27.9 Å². The van der Waals surface area contributed by atoms with Crippen LogP contribution in [0.1, 0.15) is 37.0 Å². The van der Waals surface area contributed by atoms with Crippen LogP contribution >= 0.6 is 0 Å². The summed E-state index contributed by atoms with van der Waals surface area (Å²) >= 11 is 0. The summed E-state index contributed by atoms with van der Waals surface area (Å²) in [6.07, 6.45) is 0.966. The molecule has 0 radical (unpaired) electrons. The van der Waals surface area contributed by atoms with Crippen molar-refractivity contribution in [2.24, 2.45) is 0 Å². The van der Waals surface area contributed by atoms with Gasteiger partial charge in [-0.1, -0.05) is 18.2 Å². The molecule has 4 amide bonds. The summed E-state index contributed by atoms with van der Waals surface area (Å²) in [6, 6.07) is 8.52. The summed E-state index contributed by atoms with van der Waals surface area (Å²) < 4.78 is 41.3. The fourth-order valence-corrected chi connectivity index (χ4v) is 4.20. The van der Waals surface area contributed by atoms with Crippen molar-refractivity contribution < 1.29 is 27.9 Å².